The van der Waals surface area contributed by atoms with Crippen LogP contribution >= 0.6 is 23.5 Å². The first-order valence-corrected chi connectivity index (χ1v) is 9.93. The highest BCUT2D eigenvalue weighted by molar-refractivity contribution is 7.99. The first kappa shape index (κ1) is 21.5. The van der Waals surface area contributed by atoms with Gasteiger partial charge in [-0.25, -0.2) is 0 Å². The molecule has 0 aliphatic carbocycles. The predicted molar refractivity (Wildman–Crippen MR) is 90.5 cm³/mol. The van der Waals surface area contributed by atoms with Crippen LogP contribution in [0, 0.1) is 0 Å². The van der Waals surface area contributed by atoms with Crippen molar-refractivity contribution >= 4 is 23.5 Å². The monoisotopic (exact) mass is 342 g/mol. The quantitative estimate of drug-likeness (QED) is 0.409. The summed E-state index contributed by atoms with van der Waals surface area (Å²) in [5.41, 5.74) is 0. The lowest BCUT2D eigenvalue weighted by atomic mass is 10.3. The Labute approximate surface area is 137 Å². The second kappa shape index (κ2) is 16.9. The Morgan fingerprint density at radius 2 is 1.33 bits per heavy atom. The second-order valence-corrected chi connectivity index (χ2v) is 6.56. The molecule has 0 spiro atoms. The summed E-state index contributed by atoms with van der Waals surface area (Å²) in [6.45, 7) is 5.90. The van der Waals surface area contributed by atoms with E-state index >= 15 is 0 Å². The Morgan fingerprint density at radius 3 is 1.90 bits per heavy atom. The molecule has 0 saturated carbocycles. The maximum atomic E-state index is 9.65. The SMILES string of the molecule is CCCOCCOCCOCCSCC(O)C(O)CSC. The van der Waals surface area contributed by atoms with E-state index in [1.807, 2.05) is 6.26 Å². The molecule has 0 rings (SSSR count). The van der Waals surface area contributed by atoms with E-state index in [2.05, 4.69) is 6.92 Å². The van der Waals surface area contributed by atoms with E-state index in [-0.39, 0.29) is 0 Å². The van der Waals surface area contributed by atoms with Gasteiger partial charge in [-0.15, -0.1) is 0 Å². The molecule has 128 valence electrons. The van der Waals surface area contributed by atoms with E-state index in [9.17, 15) is 10.2 Å². The van der Waals surface area contributed by atoms with Crippen LogP contribution in [0.1, 0.15) is 13.3 Å². The highest BCUT2D eigenvalue weighted by Crippen LogP contribution is 2.09. The minimum Gasteiger partial charge on any atom is -0.390 e. The molecule has 0 aliphatic rings. The molecule has 5 nitrogen and oxygen atoms in total. The van der Waals surface area contributed by atoms with Crippen molar-refractivity contribution in [3.05, 3.63) is 0 Å². The van der Waals surface area contributed by atoms with Crippen LogP contribution in [0.3, 0.4) is 0 Å². The molecule has 0 aromatic heterocycles. The molecule has 0 saturated heterocycles. The molecule has 21 heavy (non-hydrogen) atoms. The number of rotatable bonds is 16. The lowest BCUT2D eigenvalue weighted by molar-refractivity contribution is 0.0175. The molecule has 0 fully saturated rings. The van der Waals surface area contributed by atoms with Crippen LogP contribution < -0.4 is 0 Å². The molecule has 0 amide bonds. The Kier molecular flexibility index (Phi) is 17.3. The van der Waals surface area contributed by atoms with Crippen LogP contribution in [0.15, 0.2) is 0 Å². The second-order valence-electron chi connectivity index (χ2n) is 4.50. The molecule has 0 aliphatic heterocycles. The Balaban J connectivity index is 3.15. The molecule has 7 heteroatoms. The molecular formula is C14H30O5S2. The summed E-state index contributed by atoms with van der Waals surface area (Å²) in [6, 6.07) is 0. The summed E-state index contributed by atoms with van der Waals surface area (Å²) < 4.78 is 16.1. The Bertz CT molecular complexity index is 210. The minimum absolute atomic E-state index is 0.538. The molecule has 2 atom stereocenters. The highest BCUT2D eigenvalue weighted by atomic mass is 32.2. The Morgan fingerprint density at radius 1 is 0.810 bits per heavy atom. The number of ether oxygens (including phenoxy) is 3. The number of thioether (sulfide) groups is 2. The smallest absolute Gasteiger partial charge is 0.0897 e. The van der Waals surface area contributed by atoms with Crippen LogP contribution in [-0.2, 0) is 14.2 Å². The van der Waals surface area contributed by atoms with Gasteiger partial charge in [0.1, 0.15) is 0 Å². The van der Waals surface area contributed by atoms with Crippen LogP contribution in [-0.4, -0.2) is 85.6 Å². The van der Waals surface area contributed by atoms with Crippen LogP contribution in [0.25, 0.3) is 0 Å². The molecule has 0 aromatic rings. The maximum Gasteiger partial charge on any atom is 0.0897 e. The lowest BCUT2D eigenvalue weighted by Gasteiger charge is -2.16. The fourth-order valence-electron chi connectivity index (χ4n) is 1.40. The third-order valence-corrected chi connectivity index (χ3v) is 4.24. The molecule has 0 bridgehead atoms. The zero-order valence-corrected chi connectivity index (χ0v) is 14.8. The number of hydrogen-bond donors (Lipinski definition) is 2. The minimum atomic E-state index is -0.658. The molecule has 0 aromatic carbocycles. The van der Waals surface area contributed by atoms with Crippen LogP contribution in [0.4, 0.5) is 0 Å². The number of aliphatic hydroxyl groups excluding tert-OH is 2. The van der Waals surface area contributed by atoms with E-state index in [1.165, 1.54) is 11.8 Å². The molecule has 2 unspecified atom stereocenters. The zero-order chi connectivity index (χ0) is 15.8. The third-order valence-electron chi connectivity index (χ3n) is 2.53. The van der Waals surface area contributed by atoms with Crippen molar-refractivity contribution in [3.63, 3.8) is 0 Å². The van der Waals surface area contributed by atoms with Gasteiger partial charge < -0.3 is 24.4 Å². The topological polar surface area (TPSA) is 68.2 Å². The van der Waals surface area contributed by atoms with E-state index in [4.69, 9.17) is 14.2 Å². The van der Waals surface area contributed by atoms with Crippen molar-refractivity contribution in [1.82, 2.24) is 0 Å². The molecule has 0 heterocycles. The van der Waals surface area contributed by atoms with Crippen LogP contribution in [0.5, 0.6) is 0 Å². The first-order chi connectivity index (χ1) is 10.2. The average Bonchev–Trinajstić information content (AvgIpc) is 2.48. The maximum absolute atomic E-state index is 9.65. The van der Waals surface area contributed by atoms with E-state index in [0.717, 1.165) is 18.8 Å². The number of hydrogen-bond acceptors (Lipinski definition) is 7. The molecule has 2 N–H and O–H groups in total. The van der Waals surface area contributed by atoms with Gasteiger partial charge >= 0.3 is 0 Å². The van der Waals surface area contributed by atoms with Crippen molar-refractivity contribution in [3.8, 4) is 0 Å². The summed E-state index contributed by atoms with van der Waals surface area (Å²) in [4.78, 5) is 0. The summed E-state index contributed by atoms with van der Waals surface area (Å²) in [7, 11) is 0. The van der Waals surface area contributed by atoms with Gasteiger partial charge in [0.2, 0.25) is 0 Å². The number of aliphatic hydroxyl groups is 2. The van der Waals surface area contributed by atoms with Crippen molar-refractivity contribution in [1.29, 1.82) is 0 Å². The van der Waals surface area contributed by atoms with E-state index in [0.29, 0.717) is 44.5 Å². The third kappa shape index (κ3) is 15.2. The van der Waals surface area contributed by atoms with Crippen molar-refractivity contribution in [2.45, 2.75) is 25.6 Å². The van der Waals surface area contributed by atoms with Crippen molar-refractivity contribution in [2.75, 3.05) is 63.2 Å². The Hall–Kier alpha value is 0.500. The van der Waals surface area contributed by atoms with E-state index < -0.39 is 12.2 Å². The fourth-order valence-corrected chi connectivity index (χ4v) is 2.83. The summed E-state index contributed by atoms with van der Waals surface area (Å²) >= 11 is 3.12. The summed E-state index contributed by atoms with van der Waals surface area (Å²) in [6.07, 6.45) is 1.64. The average molecular weight is 343 g/mol. The molecule has 0 radical (unpaired) electrons. The highest BCUT2D eigenvalue weighted by Gasteiger charge is 2.14. The van der Waals surface area contributed by atoms with Gasteiger partial charge in [0.05, 0.1) is 45.2 Å². The first-order valence-electron chi connectivity index (χ1n) is 7.38. The standard InChI is InChI=1S/C14H30O5S2/c1-3-4-17-5-6-18-7-8-19-9-10-21-12-14(16)13(15)11-20-2/h13-16H,3-12H2,1-2H3. The molecular weight excluding hydrogens is 312 g/mol. The van der Waals surface area contributed by atoms with Gasteiger partial charge in [-0.2, -0.15) is 23.5 Å². The van der Waals surface area contributed by atoms with Crippen molar-refractivity contribution in [2.24, 2.45) is 0 Å². The normalized spacial score (nSPS) is 14.3. The predicted octanol–water partition coefficient (Wildman–Crippen LogP) is 1.26. The van der Waals surface area contributed by atoms with Gasteiger partial charge in [-0.1, -0.05) is 6.92 Å². The zero-order valence-electron chi connectivity index (χ0n) is 13.2. The van der Waals surface area contributed by atoms with E-state index in [1.54, 1.807) is 11.8 Å². The van der Waals surface area contributed by atoms with Crippen LogP contribution in [0.2, 0.25) is 0 Å². The largest absolute Gasteiger partial charge is 0.390 e. The van der Waals surface area contributed by atoms with Gasteiger partial charge in [0.25, 0.3) is 0 Å². The lowest BCUT2D eigenvalue weighted by Crippen LogP contribution is -2.30. The van der Waals surface area contributed by atoms with Gasteiger partial charge in [0.15, 0.2) is 0 Å². The van der Waals surface area contributed by atoms with Gasteiger partial charge in [-0.05, 0) is 12.7 Å². The van der Waals surface area contributed by atoms with Crippen molar-refractivity contribution < 1.29 is 24.4 Å². The fraction of sp³-hybridized carbons (Fsp3) is 1.00. The van der Waals surface area contributed by atoms with Gasteiger partial charge in [-0.3, -0.25) is 0 Å². The summed E-state index contributed by atoms with van der Waals surface area (Å²) in [5, 5.41) is 19.2. The summed E-state index contributed by atoms with van der Waals surface area (Å²) in [5.74, 6) is 1.91. The van der Waals surface area contributed by atoms with Gasteiger partial charge in [0, 0.05) is 23.9 Å².